The first-order valence-corrected chi connectivity index (χ1v) is 5.70. The minimum absolute atomic E-state index is 0.0455. The molecule has 19 heavy (non-hydrogen) atoms. The van der Waals surface area contributed by atoms with Gasteiger partial charge in [-0.3, -0.25) is 0 Å². The Morgan fingerprint density at radius 2 is 2.05 bits per heavy atom. The van der Waals surface area contributed by atoms with E-state index in [2.05, 4.69) is 5.32 Å². The van der Waals surface area contributed by atoms with E-state index in [9.17, 15) is 9.18 Å². The van der Waals surface area contributed by atoms with E-state index in [0.29, 0.717) is 5.69 Å². The van der Waals surface area contributed by atoms with Crippen molar-refractivity contribution in [1.82, 2.24) is 0 Å². The molecule has 0 aliphatic rings. The Hall–Kier alpha value is -2.27. The molecule has 98 valence electrons. The van der Waals surface area contributed by atoms with Gasteiger partial charge in [-0.25, -0.2) is 9.18 Å². The minimum Gasteiger partial charge on any atom is -0.478 e. The molecule has 0 fully saturated rings. The summed E-state index contributed by atoms with van der Waals surface area (Å²) < 4.78 is 13.6. The highest BCUT2D eigenvalue weighted by molar-refractivity contribution is 6.33. The van der Waals surface area contributed by atoms with Crippen molar-refractivity contribution < 1.29 is 14.3 Å². The molecule has 2 rings (SSSR count). The average Bonchev–Trinajstić information content (AvgIpc) is 2.35. The van der Waals surface area contributed by atoms with E-state index in [1.165, 1.54) is 36.4 Å². The van der Waals surface area contributed by atoms with Crippen molar-refractivity contribution in [2.75, 3.05) is 11.1 Å². The Kier molecular flexibility index (Phi) is 3.57. The molecule has 0 aliphatic carbocycles. The van der Waals surface area contributed by atoms with Crippen LogP contribution >= 0.6 is 11.6 Å². The number of halogens is 2. The molecule has 0 saturated heterocycles. The summed E-state index contributed by atoms with van der Waals surface area (Å²) in [6, 6.07) is 8.35. The SMILES string of the molecule is Nc1ccc(C(=O)O)cc1Nc1c(F)cccc1Cl. The number of nitrogens with one attached hydrogen (secondary N) is 1. The van der Waals surface area contributed by atoms with Crippen LogP contribution in [0.3, 0.4) is 0 Å². The van der Waals surface area contributed by atoms with Gasteiger partial charge < -0.3 is 16.2 Å². The molecule has 0 spiro atoms. The molecule has 0 saturated carbocycles. The first-order chi connectivity index (χ1) is 8.99. The van der Waals surface area contributed by atoms with Gasteiger partial charge >= 0.3 is 5.97 Å². The zero-order valence-corrected chi connectivity index (χ0v) is 10.4. The second-order valence-corrected chi connectivity index (χ2v) is 4.24. The Bertz CT molecular complexity index is 626. The first kappa shape index (κ1) is 13.2. The number of anilines is 3. The maximum Gasteiger partial charge on any atom is 0.335 e. The van der Waals surface area contributed by atoms with Crippen molar-refractivity contribution in [3.63, 3.8) is 0 Å². The van der Waals surface area contributed by atoms with Crippen molar-refractivity contribution in [2.24, 2.45) is 0 Å². The molecule has 4 N–H and O–H groups in total. The largest absolute Gasteiger partial charge is 0.478 e. The van der Waals surface area contributed by atoms with Gasteiger partial charge in [0.2, 0.25) is 0 Å². The summed E-state index contributed by atoms with van der Waals surface area (Å²) in [4.78, 5) is 10.9. The molecule has 0 bridgehead atoms. The van der Waals surface area contributed by atoms with E-state index >= 15 is 0 Å². The Labute approximate surface area is 113 Å². The fourth-order valence-corrected chi connectivity index (χ4v) is 1.76. The van der Waals surface area contributed by atoms with Crippen molar-refractivity contribution in [1.29, 1.82) is 0 Å². The van der Waals surface area contributed by atoms with Gasteiger partial charge in [-0.05, 0) is 30.3 Å². The molecule has 6 heteroatoms. The number of nitrogen functional groups attached to an aromatic ring is 1. The van der Waals surface area contributed by atoms with Gasteiger partial charge in [0.1, 0.15) is 5.82 Å². The van der Waals surface area contributed by atoms with Gasteiger partial charge in [0.05, 0.1) is 27.6 Å². The molecule has 0 aromatic heterocycles. The normalized spacial score (nSPS) is 10.2. The maximum absolute atomic E-state index is 13.6. The van der Waals surface area contributed by atoms with Crippen LogP contribution in [0.25, 0.3) is 0 Å². The van der Waals surface area contributed by atoms with Crippen LogP contribution in [0, 0.1) is 5.82 Å². The Balaban J connectivity index is 2.43. The molecule has 0 atom stereocenters. The van der Waals surface area contributed by atoms with Crippen LogP contribution < -0.4 is 11.1 Å². The van der Waals surface area contributed by atoms with Gasteiger partial charge in [-0.1, -0.05) is 17.7 Å². The van der Waals surface area contributed by atoms with Crippen molar-refractivity contribution >= 4 is 34.6 Å². The van der Waals surface area contributed by atoms with Crippen molar-refractivity contribution in [3.05, 3.63) is 52.8 Å². The highest BCUT2D eigenvalue weighted by Crippen LogP contribution is 2.31. The van der Waals surface area contributed by atoms with Gasteiger partial charge in [-0.15, -0.1) is 0 Å². The molecule has 2 aromatic carbocycles. The third-order valence-electron chi connectivity index (χ3n) is 2.52. The molecule has 0 radical (unpaired) electrons. The molecule has 0 unspecified atom stereocenters. The van der Waals surface area contributed by atoms with Crippen LogP contribution in [0.15, 0.2) is 36.4 Å². The minimum atomic E-state index is -1.09. The van der Waals surface area contributed by atoms with Crippen LogP contribution in [0.1, 0.15) is 10.4 Å². The predicted molar refractivity (Wildman–Crippen MR) is 72.5 cm³/mol. The predicted octanol–water partition coefficient (Wildman–Crippen LogP) is 3.50. The number of nitrogens with two attached hydrogens (primary N) is 1. The second kappa shape index (κ2) is 5.16. The molecular formula is C13H10ClFN2O2. The lowest BCUT2D eigenvalue weighted by Gasteiger charge is -2.12. The van der Waals surface area contributed by atoms with E-state index < -0.39 is 11.8 Å². The summed E-state index contributed by atoms with van der Waals surface area (Å²) in [5, 5.41) is 11.8. The van der Waals surface area contributed by atoms with Crippen LogP contribution in [0.2, 0.25) is 5.02 Å². The van der Waals surface area contributed by atoms with E-state index in [-0.39, 0.29) is 22.0 Å². The number of rotatable bonds is 3. The van der Waals surface area contributed by atoms with Crippen LogP contribution in [-0.4, -0.2) is 11.1 Å². The number of carboxylic acids is 1. The summed E-state index contributed by atoms with van der Waals surface area (Å²) in [5.41, 5.74) is 6.40. The average molecular weight is 281 g/mol. The van der Waals surface area contributed by atoms with Crippen molar-refractivity contribution in [3.8, 4) is 0 Å². The number of aromatic carboxylic acids is 1. The summed E-state index contributed by atoms with van der Waals surface area (Å²) in [5.74, 6) is -1.64. The van der Waals surface area contributed by atoms with Crippen LogP contribution in [-0.2, 0) is 0 Å². The second-order valence-electron chi connectivity index (χ2n) is 3.83. The molecule has 0 heterocycles. The van der Waals surface area contributed by atoms with Gasteiger partial charge in [-0.2, -0.15) is 0 Å². The van der Waals surface area contributed by atoms with E-state index in [4.69, 9.17) is 22.4 Å². The molecule has 0 amide bonds. The summed E-state index contributed by atoms with van der Waals surface area (Å²) >= 11 is 5.87. The maximum atomic E-state index is 13.6. The lowest BCUT2D eigenvalue weighted by molar-refractivity contribution is 0.0697. The number of carboxylic acid groups (broad SMARTS) is 1. The summed E-state index contributed by atoms with van der Waals surface area (Å²) in [6.45, 7) is 0. The smallest absolute Gasteiger partial charge is 0.335 e. The fourth-order valence-electron chi connectivity index (χ4n) is 1.55. The number of para-hydroxylation sites is 1. The van der Waals surface area contributed by atoms with Crippen molar-refractivity contribution in [2.45, 2.75) is 0 Å². The highest BCUT2D eigenvalue weighted by Gasteiger charge is 2.11. The lowest BCUT2D eigenvalue weighted by Crippen LogP contribution is -2.02. The standard InChI is InChI=1S/C13H10ClFN2O2/c14-8-2-1-3-9(15)12(8)17-11-6-7(13(18)19)4-5-10(11)16/h1-6,17H,16H2,(H,18,19). The monoisotopic (exact) mass is 280 g/mol. The van der Waals surface area contributed by atoms with E-state index in [1.54, 1.807) is 0 Å². The zero-order valence-electron chi connectivity index (χ0n) is 9.65. The Morgan fingerprint density at radius 3 is 2.68 bits per heavy atom. The topological polar surface area (TPSA) is 75.4 Å². The van der Waals surface area contributed by atoms with Gasteiger partial charge in [0.15, 0.2) is 0 Å². The highest BCUT2D eigenvalue weighted by atomic mass is 35.5. The van der Waals surface area contributed by atoms with E-state index in [0.717, 1.165) is 0 Å². The third-order valence-corrected chi connectivity index (χ3v) is 2.84. The Morgan fingerprint density at radius 1 is 1.32 bits per heavy atom. The number of carbonyl (C=O) groups is 1. The van der Waals surface area contributed by atoms with Crippen LogP contribution in [0.4, 0.5) is 21.5 Å². The number of hydrogen-bond acceptors (Lipinski definition) is 3. The van der Waals surface area contributed by atoms with Gasteiger partial charge in [0.25, 0.3) is 0 Å². The zero-order chi connectivity index (χ0) is 14.0. The molecular weight excluding hydrogens is 271 g/mol. The summed E-state index contributed by atoms with van der Waals surface area (Å²) in [6.07, 6.45) is 0. The summed E-state index contributed by atoms with van der Waals surface area (Å²) in [7, 11) is 0. The fraction of sp³-hybridized carbons (Fsp3) is 0. The quantitative estimate of drug-likeness (QED) is 0.752. The molecule has 2 aromatic rings. The van der Waals surface area contributed by atoms with E-state index in [1.807, 2.05) is 0 Å². The lowest BCUT2D eigenvalue weighted by atomic mass is 10.1. The number of hydrogen-bond donors (Lipinski definition) is 3. The molecule has 0 aliphatic heterocycles. The molecule has 4 nitrogen and oxygen atoms in total. The first-order valence-electron chi connectivity index (χ1n) is 5.33. The van der Waals surface area contributed by atoms with Crippen LogP contribution in [0.5, 0.6) is 0 Å². The van der Waals surface area contributed by atoms with Gasteiger partial charge in [0, 0.05) is 0 Å². The third kappa shape index (κ3) is 2.77. The number of benzene rings is 2.